The van der Waals surface area contributed by atoms with Crippen LogP contribution >= 0.6 is 0 Å². The Labute approximate surface area is 272 Å². The summed E-state index contributed by atoms with van der Waals surface area (Å²) < 4.78 is 11.1. The molecule has 240 valence electrons. The predicted octanol–water partition coefficient (Wildman–Crippen LogP) is 7.89. The molecule has 0 aliphatic carbocycles. The lowest BCUT2D eigenvalue weighted by Crippen LogP contribution is -2.33. The molecule has 1 atom stereocenters. The number of methoxy groups -OCH3 is 1. The van der Waals surface area contributed by atoms with Gasteiger partial charge in [0.15, 0.2) is 5.78 Å². The number of esters is 1. The van der Waals surface area contributed by atoms with E-state index < -0.39 is 12.0 Å². The van der Waals surface area contributed by atoms with Gasteiger partial charge in [0.1, 0.15) is 11.8 Å². The van der Waals surface area contributed by atoms with Gasteiger partial charge in [-0.2, -0.15) is 0 Å². The third-order valence-electron chi connectivity index (χ3n) is 7.79. The van der Waals surface area contributed by atoms with E-state index in [4.69, 9.17) is 9.47 Å². The smallest absolute Gasteiger partial charge is 0.328 e. The van der Waals surface area contributed by atoms with Crippen LogP contribution < -0.4 is 15.0 Å². The van der Waals surface area contributed by atoms with E-state index in [0.29, 0.717) is 55.0 Å². The summed E-state index contributed by atoms with van der Waals surface area (Å²) in [5.74, 6) is 0.303. The molecule has 1 unspecified atom stereocenters. The van der Waals surface area contributed by atoms with Gasteiger partial charge in [-0.1, -0.05) is 99.0 Å². The van der Waals surface area contributed by atoms with Crippen molar-refractivity contribution in [2.75, 3.05) is 30.5 Å². The van der Waals surface area contributed by atoms with Gasteiger partial charge in [-0.25, -0.2) is 4.79 Å². The van der Waals surface area contributed by atoms with E-state index >= 15 is 0 Å². The van der Waals surface area contributed by atoms with Crippen LogP contribution in [-0.2, 0) is 20.7 Å². The highest BCUT2D eigenvalue weighted by Gasteiger charge is 2.23. The Morgan fingerprint density at radius 3 is 2.13 bits per heavy atom. The van der Waals surface area contributed by atoms with Gasteiger partial charge < -0.3 is 19.7 Å². The first kappa shape index (κ1) is 34.0. The Kier molecular flexibility index (Phi) is 13.4. The fourth-order valence-corrected chi connectivity index (χ4v) is 5.29. The zero-order chi connectivity index (χ0) is 32.6. The molecule has 4 rings (SSSR count). The van der Waals surface area contributed by atoms with Crippen molar-refractivity contribution in [1.82, 2.24) is 0 Å². The first-order valence-electron chi connectivity index (χ1n) is 16.1. The third kappa shape index (κ3) is 10.1. The van der Waals surface area contributed by atoms with E-state index in [1.54, 1.807) is 30.3 Å². The molecule has 0 aromatic heterocycles. The Morgan fingerprint density at radius 1 is 0.761 bits per heavy atom. The lowest BCUT2D eigenvalue weighted by atomic mass is 10.00. The maximum atomic E-state index is 13.2. The van der Waals surface area contributed by atoms with Crippen molar-refractivity contribution in [2.24, 2.45) is 0 Å². The van der Waals surface area contributed by atoms with E-state index in [0.717, 1.165) is 36.9 Å². The number of amides is 1. The largest absolute Gasteiger partial charge is 0.494 e. The summed E-state index contributed by atoms with van der Waals surface area (Å²) >= 11 is 0. The minimum atomic E-state index is -0.704. The topological polar surface area (TPSA) is 84.9 Å². The lowest BCUT2D eigenvalue weighted by Gasteiger charge is -2.23. The van der Waals surface area contributed by atoms with Crippen molar-refractivity contribution in [3.05, 3.63) is 126 Å². The molecule has 1 amide bonds. The zero-order valence-electron chi connectivity index (χ0n) is 26.8. The van der Waals surface area contributed by atoms with Crippen LogP contribution in [0.5, 0.6) is 5.75 Å². The zero-order valence-corrected chi connectivity index (χ0v) is 26.8. The number of anilines is 2. The van der Waals surface area contributed by atoms with Crippen LogP contribution in [0.4, 0.5) is 11.4 Å². The number of ketones is 1. The molecule has 46 heavy (non-hydrogen) atoms. The normalized spacial score (nSPS) is 11.3. The fraction of sp³-hybridized carbons (Fsp3) is 0.308. The van der Waals surface area contributed by atoms with Crippen LogP contribution in [0.25, 0.3) is 0 Å². The molecular weight excluding hydrogens is 576 g/mol. The first-order valence-corrected chi connectivity index (χ1v) is 16.1. The number of benzene rings is 4. The molecule has 0 aliphatic heterocycles. The minimum Gasteiger partial charge on any atom is -0.494 e. The molecule has 7 nitrogen and oxygen atoms in total. The number of carbonyl (C=O) groups excluding carboxylic acids is 3. The summed E-state index contributed by atoms with van der Waals surface area (Å²) in [5.41, 5.74) is 3.44. The Morgan fingerprint density at radius 2 is 1.43 bits per heavy atom. The lowest BCUT2D eigenvalue weighted by molar-refractivity contribution is -0.141. The molecule has 1 N–H and O–H groups in total. The second-order valence-corrected chi connectivity index (χ2v) is 11.2. The van der Waals surface area contributed by atoms with Gasteiger partial charge in [0.25, 0.3) is 0 Å². The van der Waals surface area contributed by atoms with Crippen molar-refractivity contribution in [1.29, 1.82) is 0 Å². The van der Waals surface area contributed by atoms with E-state index in [1.807, 2.05) is 83.8 Å². The van der Waals surface area contributed by atoms with Gasteiger partial charge in [0, 0.05) is 41.9 Å². The van der Waals surface area contributed by atoms with Crippen LogP contribution in [0.1, 0.15) is 66.9 Å². The summed E-state index contributed by atoms with van der Waals surface area (Å²) in [6.45, 7) is 3.21. The van der Waals surface area contributed by atoms with Crippen molar-refractivity contribution in [3.8, 4) is 5.75 Å². The molecular formula is C39H44N2O5. The number of hydrogen-bond acceptors (Lipinski definition) is 6. The molecule has 0 spiro atoms. The van der Waals surface area contributed by atoms with Gasteiger partial charge >= 0.3 is 5.97 Å². The maximum Gasteiger partial charge on any atom is 0.328 e. The van der Waals surface area contributed by atoms with Gasteiger partial charge in [-0.05, 0) is 54.8 Å². The molecule has 0 saturated heterocycles. The molecule has 0 aliphatic rings. The van der Waals surface area contributed by atoms with Crippen LogP contribution in [0.2, 0.25) is 0 Å². The first-order chi connectivity index (χ1) is 22.5. The van der Waals surface area contributed by atoms with Crippen molar-refractivity contribution >= 4 is 29.0 Å². The second kappa shape index (κ2) is 18.2. The average Bonchev–Trinajstić information content (AvgIpc) is 3.10. The summed E-state index contributed by atoms with van der Waals surface area (Å²) in [5, 5.41) is 3.25. The van der Waals surface area contributed by atoms with Gasteiger partial charge in [0.05, 0.1) is 13.7 Å². The number of nitrogens with one attached hydrogen (secondary N) is 1. The third-order valence-corrected chi connectivity index (χ3v) is 7.79. The van der Waals surface area contributed by atoms with Crippen LogP contribution in [-0.4, -0.2) is 44.0 Å². The maximum absolute atomic E-state index is 13.2. The highest BCUT2D eigenvalue weighted by atomic mass is 16.5. The van der Waals surface area contributed by atoms with E-state index in [9.17, 15) is 14.4 Å². The summed E-state index contributed by atoms with van der Waals surface area (Å²) in [4.78, 5) is 40.9. The van der Waals surface area contributed by atoms with Crippen molar-refractivity contribution < 1.29 is 23.9 Å². The van der Waals surface area contributed by atoms with Crippen molar-refractivity contribution in [2.45, 2.75) is 57.9 Å². The number of hydrogen-bond donors (Lipinski definition) is 1. The molecule has 0 bridgehead atoms. The van der Waals surface area contributed by atoms with Crippen LogP contribution in [0.15, 0.2) is 109 Å². The highest BCUT2D eigenvalue weighted by Crippen LogP contribution is 2.23. The molecule has 0 saturated carbocycles. The number of ether oxygens (including phenoxy) is 2. The molecule has 0 fully saturated rings. The molecule has 0 radical (unpaired) electrons. The Hall–Kier alpha value is -4.91. The van der Waals surface area contributed by atoms with Gasteiger partial charge in [0.2, 0.25) is 5.91 Å². The summed E-state index contributed by atoms with van der Waals surface area (Å²) in [7, 11) is 1.36. The molecule has 4 aromatic rings. The Bertz CT molecular complexity index is 1520. The molecule has 4 aromatic carbocycles. The standard InChI is InChI=1S/C39H44N2O5/c1-3-4-5-12-22-37(42)41(32-18-10-7-11-19-32)27-15-28-46-33-25-23-30(24-26-33)29-36(39(44)45-2)40-35-21-14-13-20-34(35)38(43)31-16-8-6-9-17-31/h6-11,13-14,16-21,23-26,36,40H,3-5,12,15,22,27-29H2,1-2H3. The predicted molar refractivity (Wildman–Crippen MR) is 184 cm³/mol. The molecule has 0 heterocycles. The fourth-order valence-electron chi connectivity index (χ4n) is 5.29. The summed E-state index contributed by atoms with van der Waals surface area (Å²) in [6, 6.07) is 32.9. The summed E-state index contributed by atoms with van der Waals surface area (Å²) in [6.07, 6.45) is 5.86. The minimum absolute atomic E-state index is 0.128. The SMILES string of the molecule is CCCCCCC(=O)N(CCCOc1ccc(CC(Nc2ccccc2C(=O)c2ccccc2)C(=O)OC)cc1)c1ccccc1. The van der Waals surface area contributed by atoms with Gasteiger partial charge in [-0.15, -0.1) is 0 Å². The number of unbranched alkanes of at least 4 members (excludes halogenated alkanes) is 3. The van der Waals surface area contributed by atoms with Gasteiger partial charge in [-0.3, -0.25) is 9.59 Å². The van der Waals surface area contributed by atoms with E-state index in [-0.39, 0.29) is 11.7 Å². The van der Waals surface area contributed by atoms with E-state index in [1.165, 1.54) is 7.11 Å². The second-order valence-electron chi connectivity index (χ2n) is 11.2. The van der Waals surface area contributed by atoms with Crippen molar-refractivity contribution in [3.63, 3.8) is 0 Å². The number of nitrogens with zero attached hydrogens (tertiary/aromatic N) is 1. The number of carbonyl (C=O) groups is 3. The average molecular weight is 621 g/mol. The number of rotatable bonds is 18. The van der Waals surface area contributed by atoms with E-state index in [2.05, 4.69) is 12.2 Å². The number of para-hydroxylation sites is 2. The van der Waals surface area contributed by atoms with Crippen LogP contribution in [0.3, 0.4) is 0 Å². The Balaban J connectivity index is 1.34. The molecule has 7 heteroatoms. The van der Waals surface area contributed by atoms with Crippen LogP contribution in [0, 0.1) is 0 Å². The quantitative estimate of drug-likeness (QED) is 0.0692. The highest BCUT2D eigenvalue weighted by molar-refractivity contribution is 6.12. The monoisotopic (exact) mass is 620 g/mol.